The fourth-order valence-corrected chi connectivity index (χ4v) is 3.37. The van der Waals surface area contributed by atoms with Crippen molar-refractivity contribution in [2.45, 2.75) is 20.3 Å². The number of aromatic nitrogens is 2. The van der Waals surface area contributed by atoms with Gasteiger partial charge in [0.15, 0.2) is 0 Å². The van der Waals surface area contributed by atoms with Crippen LogP contribution < -0.4 is 0 Å². The molecule has 0 saturated carbocycles. The van der Waals surface area contributed by atoms with Gasteiger partial charge >= 0.3 is 0 Å². The van der Waals surface area contributed by atoms with Crippen molar-refractivity contribution in [2.75, 3.05) is 26.2 Å². The van der Waals surface area contributed by atoms with Crippen molar-refractivity contribution in [3.05, 3.63) is 52.6 Å². The third-order valence-corrected chi connectivity index (χ3v) is 4.86. The molecule has 1 aromatic carbocycles. The molecule has 0 bridgehead atoms. The minimum Gasteiger partial charge on any atom is -0.337 e. The highest BCUT2D eigenvalue weighted by Gasteiger charge is 2.26. The molecule has 2 heterocycles. The average molecular weight is 358 g/mol. The van der Waals surface area contributed by atoms with E-state index in [9.17, 15) is 14.0 Å². The summed E-state index contributed by atoms with van der Waals surface area (Å²) < 4.78 is 15.1. The van der Waals surface area contributed by atoms with Gasteiger partial charge in [-0.2, -0.15) is 5.10 Å². The lowest BCUT2D eigenvalue weighted by Gasteiger charge is -2.22. The van der Waals surface area contributed by atoms with Crippen molar-refractivity contribution < 1.29 is 14.0 Å². The minimum atomic E-state index is -0.426. The molecule has 26 heavy (non-hydrogen) atoms. The van der Waals surface area contributed by atoms with E-state index in [-0.39, 0.29) is 11.8 Å². The number of hydrogen-bond acceptors (Lipinski definition) is 3. The van der Waals surface area contributed by atoms with Gasteiger partial charge < -0.3 is 9.80 Å². The Labute approximate surface area is 152 Å². The smallest absolute Gasteiger partial charge is 0.257 e. The van der Waals surface area contributed by atoms with Gasteiger partial charge in [-0.25, -0.2) is 4.39 Å². The van der Waals surface area contributed by atoms with Gasteiger partial charge in [0, 0.05) is 44.5 Å². The van der Waals surface area contributed by atoms with Crippen molar-refractivity contribution in [1.29, 1.82) is 0 Å². The molecule has 1 saturated heterocycles. The Kier molecular flexibility index (Phi) is 5.06. The van der Waals surface area contributed by atoms with E-state index >= 15 is 0 Å². The second-order valence-electron chi connectivity index (χ2n) is 6.62. The average Bonchev–Trinajstić information content (AvgIpc) is 2.80. The number of benzene rings is 1. The van der Waals surface area contributed by atoms with Crippen LogP contribution in [-0.4, -0.2) is 57.6 Å². The molecule has 0 N–H and O–H groups in total. The fraction of sp³-hybridized carbons (Fsp3) is 0.421. The number of aryl methyl sites for hydroxylation is 2. The Hall–Kier alpha value is -2.70. The van der Waals surface area contributed by atoms with Gasteiger partial charge in [0.1, 0.15) is 5.82 Å². The molecule has 0 unspecified atom stereocenters. The molecule has 1 aliphatic heterocycles. The number of nitrogens with zero attached hydrogens (tertiary/aromatic N) is 4. The maximum absolute atomic E-state index is 13.4. The summed E-state index contributed by atoms with van der Waals surface area (Å²) in [4.78, 5) is 29.0. The fourth-order valence-electron chi connectivity index (χ4n) is 3.37. The monoisotopic (exact) mass is 358 g/mol. The van der Waals surface area contributed by atoms with Gasteiger partial charge in [-0.3, -0.25) is 14.3 Å². The number of carbonyl (C=O) groups excluding carboxylic acids is 2. The maximum Gasteiger partial charge on any atom is 0.257 e. The molecular formula is C19H23FN4O2. The Morgan fingerprint density at radius 2 is 1.69 bits per heavy atom. The van der Waals surface area contributed by atoms with Gasteiger partial charge in [0.2, 0.25) is 0 Å². The van der Waals surface area contributed by atoms with E-state index in [1.54, 1.807) is 20.5 Å². The molecule has 0 radical (unpaired) electrons. The van der Waals surface area contributed by atoms with Crippen LogP contribution >= 0.6 is 0 Å². The minimum absolute atomic E-state index is 0.0480. The first-order valence-corrected chi connectivity index (χ1v) is 8.73. The van der Waals surface area contributed by atoms with Crippen LogP contribution in [-0.2, 0) is 7.05 Å². The summed E-state index contributed by atoms with van der Waals surface area (Å²) in [6.07, 6.45) is 0.686. The van der Waals surface area contributed by atoms with Crippen LogP contribution in [0.2, 0.25) is 0 Å². The predicted octanol–water partition coefficient (Wildman–Crippen LogP) is 2.16. The van der Waals surface area contributed by atoms with Crippen LogP contribution in [0.1, 0.15) is 38.5 Å². The largest absolute Gasteiger partial charge is 0.337 e. The lowest BCUT2D eigenvalue weighted by atomic mass is 10.1. The van der Waals surface area contributed by atoms with Gasteiger partial charge in [-0.15, -0.1) is 0 Å². The predicted molar refractivity (Wildman–Crippen MR) is 95.5 cm³/mol. The second-order valence-corrected chi connectivity index (χ2v) is 6.62. The standard InChI is InChI=1S/C19H23FN4O2/c1-13-17(14(2)22(3)21-13)19(26)24-9-5-8-23(10-11-24)18(25)15-6-4-7-16(20)12-15/h4,6-7,12H,5,8-11H2,1-3H3. The van der Waals surface area contributed by atoms with E-state index in [0.29, 0.717) is 49.4 Å². The van der Waals surface area contributed by atoms with E-state index in [2.05, 4.69) is 5.10 Å². The Bertz CT molecular complexity index is 846. The molecule has 2 aromatic rings. The number of carbonyl (C=O) groups is 2. The van der Waals surface area contributed by atoms with Crippen molar-refractivity contribution in [3.8, 4) is 0 Å². The van der Waals surface area contributed by atoms with Gasteiger partial charge in [-0.05, 0) is 38.5 Å². The van der Waals surface area contributed by atoms with Gasteiger partial charge in [-0.1, -0.05) is 6.07 Å². The third kappa shape index (κ3) is 3.47. The molecule has 7 heteroatoms. The summed E-state index contributed by atoms with van der Waals surface area (Å²) in [5.41, 5.74) is 2.53. The third-order valence-electron chi connectivity index (χ3n) is 4.86. The summed E-state index contributed by atoms with van der Waals surface area (Å²) in [6.45, 7) is 5.72. The molecule has 6 nitrogen and oxygen atoms in total. The highest BCUT2D eigenvalue weighted by atomic mass is 19.1. The van der Waals surface area contributed by atoms with E-state index in [1.807, 2.05) is 20.9 Å². The molecule has 2 amide bonds. The molecular weight excluding hydrogens is 335 g/mol. The molecule has 3 rings (SSSR count). The molecule has 1 fully saturated rings. The first kappa shape index (κ1) is 18.1. The van der Waals surface area contributed by atoms with E-state index in [1.165, 1.54) is 18.2 Å². The van der Waals surface area contributed by atoms with Crippen LogP contribution in [0.5, 0.6) is 0 Å². The summed E-state index contributed by atoms with van der Waals surface area (Å²) in [7, 11) is 1.82. The summed E-state index contributed by atoms with van der Waals surface area (Å²) in [5, 5.41) is 4.31. The Balaban J connectivity index is 1.72. The summed E-state index contributed by atoms with van der Waals surface area (Å²) in [6, 6.07) is 5.71. The Morgan fingerprint density at radius 3 is 2.27 bits per heavy atom. The van der Waals surface area contributed by atoms with Crippen LogP contribution in [0.3, 0.4) is 0 Å². The summed E-state index contributed by atoms with van der Waals surface area (Å²) in [5.74, 6) is -0.675. The molecule has 1 aliphatic rings. The van der Waals surface area contributed by atoms with Crippen molar-refractivity contribution >= 4 is 11.8 Å². The van der Waals surface area contributed by atoms with Gasteiger partial charge in [0.05, 0.1) is 11.3 Å². The van der Waals surface area contributed by atoms with Gasteiger partial charge in [0.25, 0.3) is 11.8 Å². The van der Waals surface area contributed by atoms with Crippen LogP contribution in [0.25, 0.3) is 0 Å². The lowest BCUT2D eigenvalue weighted by Crippen LogP contribution is -2.37. The summed E-state index contributed by atoms with van der Waals surface area (Å²) >= 11 is 0. The number of hydrogen-bond donors (Lipinski definition) is 0. The highest BCUT2D eigenvalue weighted by molar-refractivity contribution is 5.97. The Morgan fingerprint density at radius 1 is 1.04 bits per heavy atom. The van der Waals surface area contributed by atoms with E-state index in [0.717, 1.165) is 5.69 Å². The maximum atomic E-state index is 13.4. The lowest BCUT2D eigenvalue weighted by molar-refractivity contribution is 0.0717. The highest BCUT2D eigenvalue weighted by Crippen LogP contribution is 2.17. The molecule has 0 spiro atoms. The first-order valence-electron chi connectivity index (χ1n) is 8.73. The van der Waals surface area contributed by atoms with Crippen molar-refractivity contribution in [2.24, 2.45) is 7.05 Å². The molecule has 1 aromatic heterocycles. The van der Waals surface area contributed by atoms with E-state index in [4.69, 9.17) is 0 Å². The normalized spacial score (nSPS) is 15.1. The molecule has 0 atom stereocenters. The topological polar surface area (TPSA) is 58.4 Å². The van der Waals surface area contributed by atoms with Crippen molar-refractivity contribution in [3.63, 3.8) is 0 Å². The zero-order valence-electron chi connectivity index (χ0n) is 15.3. The number of rotatable bonds is 2. The molecule has 0 aliphatic carbocycles. The second kappa shape index (κ2) is 7.27. The van der Waals surface area contributed by atoms with E-state index < -0.39 is 5.82 Å². The SMILES string of the molecule is Cc1nn(C)c(C)c1C(=O)N1CCCN(C(=O)c2cccc(F)c2)CC1. The first-order chi connectivity index (χ1) is 12.4. The van der Waals surface area contributed by atoms with Crippen LogP contribution in [0.15, 0.2) is 24.3 Å². The number of halogens is 1. The quantitative estimate of drug-likeness (QED) is 0.827. The van der Waals surface area contributed by atoms with Crippen LogP contribution in [0, 0.1) is 19.7 Å². The zero-order chi connectivity index (χ0) is 18.8. The van der Waals surface area contributed by atoms with Crippen molar-refractivity contribution in [1.82, 2.24) is 19.6 Å². The number of amides is 2. The van der Waals surface area contributed by atoms with Crippen LogP contribution in [0.4, 0.5) is 4.39 Å². The molecule has 138 valence electrons. The zero-order valence-corrected chi connectivity index (χ0v) is 15.3.